The van der Waals surface area contributed by atoms with Crippen molar-refractivity contribution in [2.75, 3.05) is 6.61 Å². The summed E-state index contributed by atoms with van der Waals surface area (Å²) in [6.45, 7) is 4.41. The van der Waals surface area contributed by atoms with E-state index in [-0.39, 0.29) is 17.3 Å². The van der Waals surface area contributed by atoms with Gasteiger partial charge in [0.15, 0.2) is 11.5 Å². The monoisotopic (exact) mass is 442 g/mol. The first kappa shape index (κ1) is 22.3. The van der Waals surface area contributed by atoms with E-state index in [1.54, 1.807) is 42.5 Å². The molecule has 0 aromatic heterocycles. The van der Waals surface area contributed by atoms with Crippen LogP contribution in [0.25, 0.3) is 0 Å². The second-order valence-corrected chi connectivity index (χ2v) is 8.38. The van der Waals surface area contributed by atoms with Crippen molar-refractivity contribution in [3.63, 3.8) is 0 Å². The van der Waals surface area contributed by atoms with Gasteiger partial charge in [-0.05, 0) is 67.4 Å². The number of halogens is 1. The maximum atomic E-state index is 13.0. The number of nitrogens with one attached hydrogen (secondary N) is 1. The Hall–Kier alpha value is -3.39. The van der Waals surface area contributed by atoms with Gasteiger partial charge in [0, 0.05) is 0 Å². The molecule has 0 unspecified atom stereocenters. The summed E-state index contributed by atoms with van der Waals surface area (Å²) in [5, 5.41) is 3.85. The lowest BCUT2D eigenvalue weighted by atomic mass is 10.2. The van der Waals surface area contributed by atoms with Gasteiger partial charge in [-0.2, -0.15) is 13.5 Å². The van der Waals surface area contributed by atoms with Gasteiger partial charge in [0.05, 0.1) is 17.7 Å². The van der Waals surface area contributed by atoms with Gasteiger partial charge in [-0.15, -0.1) is 0 Å². The third kappa shape index (κ3) is 6.29. The minimum Gasteiger partial charge on any atom is -0.490 e. The van der Waals surface area contributed by atoms with Crippen molar-refractivity contribution in [3.05, 3.63) is 89.2 Å². The number of nitrogens with zero attached hydrogens (tertiary/aromatic N) is 1. The summed E-state index contributed by atoms with van der Waals surface area (Å²) in [7, 11) is -3.75. The van der Waals surface area contributed by atoms with Gasteiger partial charge in [0.25, 0.3) is 10.0 Å². The van der Waals surface area contributed by atoms with Crippen LogP contribution in [0.15, 0.2) is 76.7 Å². The lowest BCUT2D eigenvalue weighted by Crippen LogP contribution is -2.18. The first-order chi connectivity index (χ1) is 14.9. The smallest absolute Gasteiger partial charge is 0.276 e. The zero-order chi connectivity index (χ0) is 22.3. The lowest BCUT2D eigenvalue weighted by molar-refractivity contribution is 0.269. The molecule has 0 atom stereocenters. The Bertz CT molecular complexity index is 1150. The highest BCUT2D eigenvalue weighted by Gasteiger charge is 2.12. The molecule has 3 aromatic rings. The van der Waals surface area contributed by atoms with Crippen LogP contribution in [0.3, 0.4) is 0 Å². The Balaban J connectivity index is 1.69. The molecule has 162 valence electrons. The second kappa shape index (κ2) is 10.1. The van der Waals surface area contributed by atoms with Crippen LogP contribution in [-0.2, 0) is 16.6 Å². The molecule has 0 aliphatic carbocycles. The third-order valence-corrected chi connectivity index (χ3v) is 5.53. The first-order valence-corrected chi connectivity index (χ1v) is 11.1. The fourth-order valence-electron chi connectivity index (χ4n) is 2.67. The predicted octanol–water partition coefficient (Wildman–Crippen LogP) is 4.42. The average Bonchev–Trinajstić information content (AvgIpc) is 2.75. The molecule has 0 amide bonds. The summed E-state index contributed by atoms with van der Waals surface area (Å²) in [5.41, 5.74) is 2.41. The highest BCUT2D eigenvalue weighted by Crippen LogP contribution is 2.29. The highest BCUT2D eigenvalue weighted by molar-refractivity contribution is 7.89. The van der Waals surface area contributed by atoms with E-state index in [1.165, 1.54) is 30.5 Å². The Morgan fingerprint density at radius 1 is 0.968 bits per heavy atom. The number of ether oxygens (including phenoxy) is 2. The van der Waals surface area contributed by atoms with E-state index in [1.807, 2.05) is 13.8 Å². The van der Waals surface area contributed by atoms with Gasteiger partial charge >= 0.3 is 0 Å². The van der Waals surface area contributed by atoms with Crippen molar-refractivity contribution < 1.29 is 22.3 Å². The van der Waals surface area contributed by atoms with Crippen molar-refractivity contribution in [2.45, 2.75) is 25.3 Å². The quantitative estimate of drug-likeness (QED) is 0.393. The number of rotatable bonds is 9. The Morgan fingerprint density at radius 2 is 1.68 bits per heavy atom. The molecule has 0 aliphatic heterocycles. The molecule has 3 aromatic carbocycles. The molecule has 0 fully saturated rings. The molecule has 0 heterocycles. The van der Waals surface area contributed by atoms with E-state index in [2.05, 4.69) is 9.93 Å². The summed E-state index contributed by atoms with van der Waals surface area (Å²) >= 11 is 0. The number of sulfonamides is 1. The molecule has 3 rings (SSSR count). The van der Waals surface area contributed by atoms with Gasteiger partial charge in [0.1, 0.15) is 12.4 Å². The largest absolute Gasteiger partial charge is 0.490 e. The number of hydrogen-bond acceptors (Lipinski definition) is 5. The normalized spacial score (nSPS) is 11.5. The minimum atomic E-state index is -3.75. The SMILES string of the molecule is CCOc1cc(/C=N/NS(=O)(=O)c2ccc(C)cc2)ccc1OCc1ccc(F)cc1. The third-order valence-electron chi connectivity index (χ3n) is 4.29. The molecule has 0 aliphatic rings. The second-order valence-electron chi connectivity index (χ2n) is 6.72. The van der Waals surface area contributed by atoms with Crippen LogP contribution < -0.4 is 14.3 Å². The molecule has 0 radical (unpaired) electrons. The van der Waals surface area contributed by atoms with E-state index in [4.69, 9.17) is 9.47 Å². The molecule has 1 N–H and O–H groups in total. The van der Waals surface area contributed by atoms with E-state index < -0.39 is 10.0 Å². The summed E-state index contributed by atoms with van der Waals surface area (Å²) in [5.74, 6) is 0.707. The minimum absolute atomic E-state index is 0.134. The van der Waals surface area contributed by atoms with E-state index >= 15 is 0 Å². The van der Waals surface area contributed by atoms with Crippen LogP contribution in [0.4, 0.5) is 4.39 Å². The zero-order valence-electron chi connectivity index (χ0n) is 17.2. The lowest BCUT2D eigenvalue weighted by Gasteiger charge is -2.12. The molecule has 0 saturated carbocycles. The Morgan fingerprint density at radius 3 is 2.35 bits per heavy atom. The first-order valence-electron chi connectivity index (χ1n) is 9.63. The predicted molar refractivity (Wildman–Crippen MR) is 117 cm³/mol. The number of benzene rings is 3. The maximum Gasteiger partial charge on any atom is 0.276 e. The number of aryl methyl sites for hydroxylation is 1. The molecule has 0 spiro atoms. The van der Waals surface area contributed by atoms with E-state index in [0.717, 1.165) is 11.1 Å². The van der Waals surface area contributed by atoms with Crippen LogP contribution in [0.1, 0.15) is 23.6 Å². The van der Waals surface area contributed by atoms with Crippen molar-refractivity contribution >= 4 is 16.2 Å². The van der Waals surface area contributed by atoms with Crippen LogP contribution in [0.5, 0.6) is 11.5 Å². The molecule has 31 heavy (non-hydrogen) atoms. The van der Waals surface area contributed by atoms with E-state index in [9.17, 15) is 12.8 Å². The van der Waals surface area contributed by atoms with Crippen LogP contribution in [-0.4, -0.2) is 21.2 Å². The van der Waals surface area contributed by atoms with Crippen molar-refractivity contribution in [3.8, 4) is 11.5 Å². The molecule has 0 saturated heterocycles. The fourth-order valence-corrected chi connectivity index (χ4v) is 3.47. The molecule has 8 heteroatoms. The Labute approximate surface area is 181 Å². The summed E-state index contributed by atoms with van der Waals surface area (Å²) < 4.78 is 49.1. The maximum absolute atomic E-state index is 13.0. The topological polar surface area (TPSA) is 77.0 Å². The van der Waals surface area contributed by atoms with Gasteiger partial charge in [0.2, 0.25) is 0 Å². The molecule has 6 nitrogen and oxygen atoms in total. The van der Waals surface area contributed by atoms with Gasteiger partial charge in [-0.1, -0.05) is 29.8 Å². The van der Waals surface area contributed by atoms with Crippen LogP contribution in [0.2, 0.25) is 0 Å². The summed E-state index contributed by atoms with van der Waals surface area (Å²) in [6.07, 6.45) is 1.39. The zero-order valence-corrected chi connectivity index (χ0v) is 18.0. The van der Waals surface area contributed by atoms with Gasteiger partial charge in [-0.25, -0.2) is 9.22 Å². The van der Waals surface area contributed by atoms with Gasteiger partial charge in [-0.3, -0.25) is 0 Å². The van der Waals surface area contributed by atoms with E-state index in [0.29, 0.717) is 23.7 Å². The molecular weight excluding hydrogens is 419 g/mol. The van der Waals surface area contributed by atoms with Crippen LogP contribution in [0, 0.1) is 12.7 Å². The number of hydrogen-bond donors (Lipinski definition) is 1. The number of hydrazone groups is 1. The van der Waals surface area contributed by atoms with Gasteiger partial charge < -0.3 is 9.47 Å². The highest BCUT2D eigenvalue weighted by atomic mass is 32.2. The van der Waals surface area contributed by atoms with Crippen LogP contribution >= 0.6 is 0 Å². The molecular formula is C23H23FN2O4S. The average molecular weight is 443 g/mol. The van der Waals surface area contributed by atoms with Crippen molar-refractivity contribution in [1.82, 2.24) is 4.83 Å². The summed E-state index contributed by atoms with van der Waals surface area (Å²) in [4.78, 5) is 2.33. The summed E-state index contributed by atoms with van der Waals surface area (Å²) in [6, 6.07) is 17.7. The van der Waals surface area contributed by atoms with Crippen molar-refractivity contribution in [2.24, 2.45) is 5.10 Å². The standard InChI is InChI=1S/C23H23FN2O4S/c1-3-29-23-14-19(8-13-22(23)30-16-18-6-9-20(24)10-7-18)15-25-26-31(27,28)21-11-4-17(2)5-12-21/h4-15,26H,3,16H2,1-2H3/b25-15+. The fraction of sp³-hybridized carbons (Fsp3) is 0.174. The Kier molecular flexibility index (Phi) is 7.25. The molecule has 0 bridgehead atoms. The van der Waals surface area contributed by atoms with Crippen molar-refractivity contribution in [1.29, 1.82) is 0 Å².